The number of carbonyl (C=O) groups excluding carboxylic acids is 1. The average molecular weight is 176 g/mol. The molecule has 68 valence electrons. The zero-order valence-electron chi connectivity index (χ0n) is 6.06. The number of aliphatic carboxylic acids is 2. The first-order chi connectivity index (χ1) is 5.45. The molecule has 0 fully saturated rings. The average Bonchev–Trinajstić information content (AvgIpc) is 1.98. The highest BCUT2D eigenvalue weighted by Gasteiger charge is 2.22. The van der Waals surface area contributed by atoms with Crippen LogP contribution in [0.25, 0.3) is 0 Å². The third-order valence-corrected chi connectivity index (χ3v) is 1.12. The molecule has 6 heteroatoms. The molecule has 0 aliphatic carbocycles. The summed E-state index contributed by atoms with van der Waals surface area (Å²) in [7, 11) is 0. The number of carboxylic acid groups (broad SMARTS) is 2. The lowest BCUT2D eigenvalue weighted by Crippen LogP contribution is -2.29. The highest BCUT2D eigenvalue weighted by molar-refractivity contribution is 6.01. The minimum absolute atomic E-state index is 0.469. The Labute approximate surface area is 67.4 Å². The maximum absolute atomic E-state index is 10.6. The van der Waals surface area contributed by atoms with Crippen molar-refractivity contribution in [3.05, 3.63) is 0 Å². The summed E-state index contributed by atoms with van der Waals surface area (Å²) in [6, 6.07) is 0. The predicted molar refractivity (Wildman–Crippen MR) is 35.5 cm³/mol. The normalized spacial score (nSPS) is 12.1. The number of aliphatic hydroxyl groups excluding tert-OH is 1. The number of ketones is 1. The van der Waals surface area contributed by atoms with Crippen LogP contribution >= 0.6 is 0 Å². The third kappa shape index (κ3) is 3.67. The molecular weight excluding hydrogens is 168 g/mol. The van der Waals surface area contributed by atoms with Crippen LogP contribution in [0.5, 0.6) is 0 Å². The van der Waals surface area contributed by atoms with Gasteiger partial charge in [-0.2, -0.15) is 0 Å². The number of rotatable bonds is 5. The van der Waals surface area contributed by atoms with Crippen LogP contribution in [0.15, 0.2) is 0 Å². The molecule has 0 aromatic carbocycles. The van der Waals surface area contributed by atoms with Gasteiger partial charge in [0.05, 0.1) is 6.42 Å². The van der Waals surface area contributed by atoms with Gasteiger partial charge in [0.25, 0.3) is 0 Å². The van der Waals surface area contributed by atoms with E-state index in [1.54, 1.807) is 0 Å². The topological polar surface area (TPSA) is 112 Å². The molecule has 0 saturated heterocycles. The van der Waals surface area contributed by atoms with Crippen molar-refractivity contribution in [3.8, 4) is 0 Å². The molecule has 1 unspecified atom stereocenters. The Hall–Kier alpha value is -1.43. The molecule has 0 radical (unpaired) electrons. The Morgan fingerprint density at radius 2 is 1.58 bits per heavy atom. The lowest BCUT2D eigenvalue weighted by Gasteiger charge is -2.01. The van der Waals surface area contributed by atoms with E-state index in [0.717, 1.165) is 0 Å². The molecule has 0 aromatic rings. The Morgan fingerprint density at radius 1 is 1.08 bits per heavy atom. The van der Waals surface area contributed by atoms with E-state index < -0.39 is 36.7 Å². The van der Waals surface area contributed by atoms with E-state index in [1.807, 2.05) is 0 Å². The molecule has 0 amide bonds. The van der Waals surface area contributed by atoms with Crippen molar-refractivity contribution in [1.82, 2.24) is 0 Å². The number of Topliss-reactive ketones (excluding diaryl/α,β-unsaturated/α-hetero) is 1. The predicted octanol–water partition coefficient (Wildman–Crippen LogP) is -1.13. The van der Waals surface area contributed by atoms with E-state index in [1.165, 1.54) is 0 Å². The Morgan fingerprint density at radius 3 is 1.92 bits per heavy atom. The van der Waals surface area contributed by atoms with Gasteiger partial charge in [-0.25, -0.2) is 4.79 Å². The summed E-state index contributed by atoms with van der Waals surface area (Å²) in [5.41, 5.74) is 0. The summed E-state index contributed by atoms with van der Waals surface area (Å²) in [4.78, 5) is 30.5. The van der Waals surface area contributed by atoms with E-state index in [9.17, 15) is 14.4 Å². The standard InChI is InChI=1S/C6H8O6/c7-3(1-2-4(8)9)5(10)6(11)12/h5,10H,1-2H2,(H,8,9)(H,11,12). The summed E-state index contributed by atoms with van der Waals surface area (Å²) in [5, 5.41) is 24.8. The summed E-state index contributed by atoms with van der Waals surface area (Å²) in [5.74, 6) is -3.86. The monoisotopic (exact) mass is 176 g/mol. The van der Waals surface area contributed by atoms with Crippen LogP contribution in [0.1, 0.15) is 12.8 Å². The van der Waals surface area contributed by atoms with Crippen molar-refractivity contribution < 1.29 is 29.7 Å². The summed E-state index contributed by atoms with van der Waals surface area (Å²) in [6.45, 7) is 0. The fourth-order valence-electron chi connectivity index (χ4n) is 0.505. The lowest BCUT2D eigenvalue weighted by atomic mass is 10.1. The smallest absolute Gasteiger partial charge is 0.340 e. The van der Waals surface area contributed by atoms with Crippen LogP contribution in [0, 0.1) is 0 Å². The van der Waals surface area contributed by atoms with Crippen molar-refractivity contribution >= 4 is 17.7 Å². The quantitative estimate of drug-likeness (QED) is 0.457. The second kappa shape index (κ2) is 4.45. The van der Waals surface area contributed by atoms with Gasteiger partial charge < -0.3 is 15.3 Å². The minimum Gasteiger partial charge on any atom is -0.481 e. The van der Waals surface area contributed by atoms with E-state index in [2.05, 4.69) is 0 Å². The maximum atomic E-state index is 10.6. The first-order valence-corrected chi connectivity index (χ1v) is 3.10. The van der Waals surface area contributed by atoms with Crippen molar-refractivity contribution in [2.75, 3.05) is 0 Å². The van der Waals surface area contributed by atoms with Crippen LogP contribution in [-0.4, -0.2) is 39.1 Å². The van der Waals surface area contributed by atoms with Crippen molar-refractivity contribution in [2.24, 2.45) is 0 Å². The van der Waals surface area contributed by atoms with Gasteiger partial charge in [0.15, 0.2) is 5.78 Å². The fraction of sp³-hybridized carbons (Fsp3) is 0.500. The first kappa shape index (κ1) is 10.6. The van der Waals surface area contributed by atoms with Gasteiger partial charge >= 0.3 is 11.9 Å². The highest BCUT2D eigenvalue weighted by atomic mass is 16.4. The SMILES string of the molecule is O=C(O)CCC(=O)C(O)C(=O)O. The zero-order chi connectivity index (χ0) is 9.72. The van der Waals surface area contributed by atoms with Gasteiger partial charge in [-0.1, -0.05) is 0 Å². The van der Waals surface area contributed by atoms with Gasteiger partial charge in [0.2, 0.25) is 6.10 Å². The van der Waals surface area contributed by atoms with Crippen molar-refractivity contribution in [2.45, 2.75) is 18.9 Å². The van der Waals surface area contributed by atoms with Gasteiger partial charge in [-0.15, -0.1) is 0 Å². The molecule has 0 aliphatic heterocycles. The molecule has 1 atom stereocenters. The summed E-state index contributed by atoms with van der Waals surface area (Å²) in [6.07, 6.45) is -3.05. The number of carbonyl (C=O) groups is 3. The van der Waals surface area contributed by atoms with Crippen LogP contribution in [0.3, 0.4) is 0 Å². The second-order valence-electron chi connectivity index (χ2n) is 2.10. The number of carboxylic acids is 2. The van der Waals surface area contributed by atoms with E-state index in [0.29, 0.717) is 0 Å². The van der Waals surface area contributed by atoms with Gasteiger partial charge in [-0.05, 0) is 0 Å². The van der Waals surface area contributed by atoms with Crippen LogP contribution in [-0.2, 0) is 14.4 Å². The minimum atomic E-state index is -2.11. The molecule has 3 N–H and O–H groups in total. The molecular formula is C6H8O6. The van der Waals surface area contributed by atoms with E-state index in [-0.39, 0.29) is 0 Å². The Balaban J connectivity index is 3.88. The van der Waals surface area contributed by atoms with Gasteiger partial charge in [-0.3, -0.25) is 9.59 Å². The van der Waals surface area contributed by atoms with Crippen LogP contribution < -0.4 is 0 Å². The number of aliphatic hydroxyl groups is 1. The molecule has 0 bridgehead atoms. The summed E-state index contributed by atoms with van der Waals surface area (Å²) < 4.78 is 0. The van der Waals surface area contributed by atoms with Crippen molar-refractivity contribution in [1.29, 1.82) is 0 Å². The summed E-state index contributed by atoms with van der Waals surface area (Å²) >= 11 is 0. The highest BCUT2D eigenvalue weighted by Crippen LogP contribution is 1.96. The van der Waals surface area contributed by atoms with Gasteiger partial charge in [0, 0.05) is 6.42 Å². The number of hydrogen-bond donors (Lipinski definition) is 3. The molecule has 0 rings (SSSR count). The fourth-order valence-corrected chi connectivity index (χ4v) is 0.505. The molecule has 12 heavy (non-hydrogen) atoms. The Kier molecular flexibility index (Phi) is 3.92. The lowest BCUT2D eigenvalue weighted by molar-refractivity contribution is -0.153. The molecule has 6 nitrogen and oxygen atoms in total. The maximum Gasteiger partial charge on any atom is 0.340 e. The first-order valence-electron chi connectivity index (χ1n) is 3.10. The third-order valence-electron chi connectivity index (χ3n) is 1.12. The van der Waals surface area contributed by atoms with Crippen LogP contribution in [0.4, 0.5) is 0 Å². The second-order valence-corrected chi connectivity index (χ2v) is 2.10. The Bertz CT molecular complexity index is 208. The van der Waals surface area contributed by atoms with E-state index >= 15 is 0 Å². The molecule has 0 saturated carbocycles. The van der Waals surface area contributed by atoms with Crippen molar-refractivity contribution in [3.63, 3.8) is 0 Å². The molecule has 0 aromatic heterocycles. The molecule has 0 aliphatic rings. The number of hydrogen-bond acceptors (Lipinski definition) is 4. The van der Waals surface area contributed by atoms with E-state index in [4.69, 9.17) is 15.3 Å². The van der Waals surface area contributed by atoms with Crippen LogP contribution in [0.2, 0.25) is 0 Å². The van der Waals surface area contributed by atoms with Gasteiger partial charge in [0.1, 0.15) is 0 Å². The zero-order valence-corrected chi connectivity index (χ0v) is 6.06. The molecule has 0 spiro atoms. The largest absolute Gasteiger partial charge is 0.481 e. The molecule has 0 heterocycles.